The molecule has 152 valence electrons. The molecule has 4 aliphatic carbocycles. The van der Waals surface area contributed by atoms with Gasteiger partial charge in [-0.1, -0.05) is 30.3 Å². The molecule has 0 radical (unpaired) electrons. The summed E-state index contributed by atoms with van der Waals surface area (Å²) in [6, 6.07) is 13.7. The van der Waals surface area contributed by atoms with Crippen LogP contribution in [0.4, 0.5) is 5.69 Å². The number of esters is 1. The predicted octanol–water partition coefficient (Wildman–Crippen LogP) is 4.04. The van der Waals surface area contributed by atoms with Crippen LogP contribution in [0.5, 0.6) is 0 Å². The lowest BCUT2D eigenvalue weighted by atomic mass is 9.48. The minimum Gasteiger partial charge on any atom is -0.452 e. The van der Waals surface area contributed by atoms with Crippen LogP contribution < -0.4 is 5.32 Å². The van der Waals surface area contributed by atoms with Crippen molar-refractivity contribution in [2.24, 2.45) is 17.3 Å². The SMILES string of the molecule is CC(OC(=O)C12CC3CC(CC(O)(C3)C1)C2)C(=O)Nc1ccc2ccccc2c1. The highest BCUT2D eigenvalue weighted by atomic mass is 16.5. The minimum absolute atomic E-state index is 0.314. The van der Waals surface area contributed by atoms with Crippen LogP contribution in [0, 0.1) is 17.3 Å². The maximum absolute atomic E-state index is 13.1. The van der Waals surface area contributed by atoms with Crippen molar-refractivity contribution in [1.82, 2.24) is 0 Å². The summed E-state index contributed by atoms with van der Waals surface area (Å²) in [6.45, 7) is 1.61. The first-order valence-corrected chi connectivity index (χ1v) is 10.6. The van der Waals surface area contributed by atoms with E-state index in [0.717, 1.165) is 42.9 Å². The number of ether oxygens (including phenoxy) is 1. The van der Waals surface area contributed by atoms with Crippen LogP contribution in [-0.4, -0.2) is 28.7 Å². The smallest absolute Gasteiger partial charge is 0.312 e. The van der Waals surface area contributed by atoms with E-state index in [0.29, 0.717) is 23.9 Å². The first-order chi connectivity index (χ1) is 13.8. The summed E-state index contributed by atoms with van der Waals surface area (Å²) in [6.07, 6.45) is 3.87. The van der Waals surface area contributed by atoms with Crippen molar-refractivity contribution in [1.29, 1.82) is 0 Å². The number of amides is 1. The van der Waals surface area contributed by atoms with E-state index in [1.54, 1.807) is 6.92 Å². The molecule has 0 saturated heterocycles. The van der Waals surface area contributed by atoms with Crippen LogP contribution in [0.1, 0.15) is 45.4 Å². The Labute approximate surface area is 170 Å². The zero-order chi connectivity index (χ0) is 20.2. The van der Waals surface area contributed by atoms with E-state index >= 15 is 0 Å². The fourth-order valence-electron chi connectivity index (χ4n) is 6.30. The number of anilines is 1. The molecule has 4 saturated carbocycles. The molecule has 0 heterocycles. The lowest BCUT2D eigenvalue weighted by molar-refractivity contribution is -0.199. The largest absolute Gasteiger partial charge is 0.452 e. The molecule has 29 heavy (non-hydrogen) atoms. The number of rotatable bonds is 4. The Morgan fingerprint density at radius 2 is 1.76 bits per heavy atom. The van der Waals surface area contributed by atoms with Crippen molar-refractivity contribution in [2.45, 2.75) is 57.2 Å². The molecule has 4 fully saturated rings. The number of nitrogens with one attached hydrogen (secondary N) is 1. The summed E-state index contributed by atoms with van der Waals surface area (Å²) in [7, 11) is 0. The number of fused-ring (bicyclic) bond motifs is 1. The molecule has 4 bridgehead atoms. The van der Waals surface area contributed by atoms with Crippen molar-refractivity contribution in [3.8, 4) is 0 Å². The number of benzene rings is 2. The van der Waals surface area contributed by atoms with E-state index in [-0.39, 0.29) is 11.9 Å². The van der Waals surface area contributed by atoms with Gasteiger partial charge in [0.1, 0.15) is 0 Å². The highest BCUT2D eigenvalue weighted by Crippen LogP contribution is 2.62. The highest BCUT2D eigenvalue weighted by Gasteiger charge is 2.61. The number of aliphatic hydroxyl groups is 1. The Morgan fingerprint density at radius 3 is 2.45 bits per heavy atom. The minimum atomic E-state index is -0.878. The maximum Gasteiger partial charge on any atom is 0.312 e. The van der Waals surface area contributed by atoms with E-state index in [9.17, 15) is 14.7 Å². The fourth-order valence-corrected chi connectivity index (χ4v) is 6.30. The second-order valence-corrected chi connectivity index (χ2v) is 9.56. The standard InChI is InChI=1S/C24H27NO4/c1-15(21(26)25-20-7-6-18-4-2-3-5-19(18)9-20)29-22(27)23-10-16-8-17(11-23)13-24(28,12-16)14-23/h2-7,9,15-17,28H,8,10-14H2,1H3,(H,25,26). The average molecular weight is 393 g/mol. The third-order valence-electron chi connectivity index (χ3n) is 7.13. The van der Waals surface area contributed by atoms with Gasteiger partial charge in [-0.2, -0.15) is 0 Å². The third-order valence-corrected chi connectivity index (χ3v) is 7.13. The van der Waals surface area contributed by atoms with Gasteiger partial charge in [0.25, 0.3) is 5.91 Å². The first kappa shape index (κ1) is 18.6. The Bertz CT molecular complexity index is 970. The topological polar surface area (TPSA) is 75.6 Å². The van der Waals surface area contributed by atoms with Crippen LogP contribution >= 0.6 is 0 Å². The van der Waals surface area contributed by atoms with Crippen molar-refractivity contribution < 1.29 is 19.4 Å². The molecule has 1 amide bonds. The van der Waals surface area contributed by atoms with Crippen molar-refractivity contribution in [2.75, 3.05) is 5.32 Å². The highest BCUT2D eigenvalue weighted by molar-refractivity contribution is 5.97. The Hall–Kier alpha value is -2.40. The van der Waals surface area contributed by atoms with Crippen molar-refractivity contribution in [3.63, 3.8) is 0 Å². The Kier molecular flexibility index (Phi) is 4.21. The quantitative estimate of drug-likeness (QED) is 0.769. The van der Waals surface area contributed by atoms with Crippen LogP contribution in [0.25, 0.3) is 10.8 Å². The Balaban J connectivity index is 1.26. The maximum atomic E-state index is 13.1. The van der Waals surface area contributed by atoms with E-state index in [1.807, 2.05) is 42.5 Å². The van der Waals surface area contributed by atoms with Gasteiger partial charge in [0.15, 0.2) is 6.10 Å². The Morgan fingerprint density at radius 1 is 1.07 bits per heavy atom. The first-order valence-electron chi connectivity index (χ1n) is 10.6. The molecule has 2 aromatic carbocycles. The molecule has 3 atom stereocenters. The number of carbonyl (C=O) groups is 2. The van der Waals surface area contributed by atoms with Crippen LogP contribution in [0.3, 0.4) is 0 Å². The molecule has 2 N–H and O–H groups in total. The van der Waals surface area contributed by atoms with E-state index in [1.165, 1.54) is 0 Å². The molecule has 4 aliphatic rings. The van der Waals surface area contributed by atoms with Gasteiger partial charge in [-0.3, -0.25) is 9.59 Å². The summed E-state index contributed by atoms with van der Waals surface area (Å²) in [5.41, 5.74) is -0.656. The molecule has 0 aromatic heterocycles. The summed E-state index contributed by atoms with van der Waals surface area (Å²) in [4.78, 5) is 25.7. The zero-order valence-electron chi connectivity index (χ0n) is 16.7. The van der Waals surface area contributed by atoms with Crippen molar-refractivity contribution >= 4 is 28.3 Å². The second-order valence-electron chi connectivity index (χ2n) is 9.56. The van der Waals surface area contributed by atoms with Gasteiger partial charge in [-0.15, -0.1) is 0 Å². The summed E-state index contributed by atoms with van der Waals surface area (Å²) >= 11 is 0. The van der Waals surface area contributed by atoms with E-state index in [4.69, 9.17) is 4.74 Å². The molecule has 5 heteroatoms. The van der Waals surface area contributed by atoms with Gasteiger partial charge in [-0.05, 0) is 80.2 Å². The summed E-state index contributed by atoms with van der Waals surface area (Å²) < 4.78 is 5.64. The second kappa shape index (κ2) is 6.56. The third kappa shape index (κ3) is 3.31. The van der Waals surface area contributed by atoms with Crippen molar-refractivity contribution in [3.05, 3.63) is 42.5 Å². The summed E-state index contributed by atoms with van der Waals surface area (Å²) in [5.74, 6) is 0.148. The number of hydrogen-bond donors (Lipinski definition) is 2. The zero-order valence-corrected chi connectivity index (χ0v) is 16.7. The normalized spacial score (nSPS) is 33.4. The van der Waals surface area contributed by atoms with E-state index in [2.05, 4.69) is 5.32 Å². The molecule has 6 rings (SSSR count). The van der Waals surface area contributed by atoms with Gasteiger partial charge < -0.3 is 15.2 Å². The molecular formula is C24H27NO4. The molecule has 0 aliphatic heterocycles. The van der Waals surface area contributed by atoms with Crippen LogP contribution in [0.2, 0.25) is 0 Å². The van der Waals surface area contributed by atoms with Gasteiger partial charge in [-0.25, -0.2) is 0 Å². The lowest BCUT2D eigenvalue weighted by Crippen LogP contribution is -2.59. The van der Waals surface area contributed by atoms with E-state index < -0.39 is 17.1 Å². The molecule has 5 nitrogen and oxygen atoms in total. The van der Waals surface area contributed by atoms with Crippen LogP contribution in [0.15, 0.2) is 42.5 Å². The monoisotopic (exact) mass is 393 g/mol. The number of carbonyl (C=O) groups excluding carboxylic acids is 2. The van der Waals surface area contributed by atoms with Gasteiger partial charge in [0.2, 0.25) is 0 Å². The summed E-state index contributed by atoms with van der Waals surface area (Å²) in [5, 5.41) is 15.8. The number of hydrogen-bond acceptors (Lipinski definition) is 4. The van der Waals surface area contributed by atoms with Gasteiger partial charge >= 0.3 is 5.97 Å². The lowest BCUT2D eigenvalue weighted by Gasteiger charge is -2.58. The van der Waals surface area contributed by atoms with Gasteiger partial charge in [0, 0.05) is 5.69 Å². The van der Waals surface area contributed by atoms with Crippen LogP contribution in [-0.2, 0) is 14.3 Å². The molecule has 2 aromatic rings. The predicted molar refractivity (Wildman–Crippen MR) is 110 cm³/mol. The average Bonchev–Trinajstić information content (AvgIpc) is 2.66. The van der Waals surface area contributed by atoms with Gasteiger partial charge in [0.05, 0.1) is 11.0 Å². The molecular weight excluding hydrogens is 366 g/mol. The fraction of sp³-hybridized carbons (Fsp3) is 0.500. The molecule has 0 spiro atoms. The molecule has 3 unspecified atom stereocenters.